The van der Waals surface area contributed by atoms with Gasteiger partial charge in [-0.3, -0.25) is 4.90 Å². The molecule has 0 aromatic carbocycles. The fraction of sp³-hybridized carbons (Fsp3) is 0.625. The van der Waals surface area contributed by atoms with E-state index in [1.165, 1.54) is 0 Å². The molecule has 1 atom stereocenters. The van der Waals surface area contributed by atoms with Gasteiger partial charge >= 0.3 is 0 Å². The Morgan fingerprint density at radius 1 is 1.77 bits per heavy atom. The lowest BCUT2D eigenvalue weighted by atomic mass is 10.2. The van der Waals surface area contributed by atoms with Gasteiger partial charge in [0.15, 0.2) is 0 Å². The molecule has 13 heavy (non-hydrogen) atoms. The van der Waals surface area contributed by atoms with Crippen LogP contribution in [0.2, 0.25) is 0 Å². The van der Waals surface area contributed by atoms with Crippen molar-refractivity contribution in [2.24, 2.45) is 5.73 Å². The van der Waals surface area contributed by atoms with Crippen LogP contribution in [0.25, 0.3) is 0 Å². The van der Waals surface area contributed by atoms with E-state index in [4.69, 9.17) is 10.8 Å². The summed E-state index contributed by atoms with van der Waals surface area (Å²) in [5.74, 6) is 0. The number of hydrogen-bond acceptors (Lipinski definition) is 5. The van der Waals surface area contributed by atoms with Crippen LogP contribution in [0.4, 0.5) is 0 Å². The number of thiazole rings is 1. The third-order valence-corrected chi connectivity index (χ3v) is 2.64. The third kappa shape index (κ3) is 3.04. The third-order valence-electron chi connectivity index (χ3n) is 2.00. The molecule has 1 heterocycles. The number of hydrogen-bond donors (Lipinski definition) is 2. The van der Waals surface area contributed by atoms with Gasteiger partial charge in [0.05, 0.1) is 17.8 Å². The Kier molecular flexibility index (Phi) is 4.31. The quantitative estimate of drug-likeness (QED) is 0.698. The smallest absolute Gasteiger partial charge is 0.0795 e. The highest BCUT2D eigenvalue weighted by Gasteiger charge is 2.12. The fourth-order valence-corrected chi connectivity index (χ4v) is 1.64. The second kappa shape index (κ2) is 5.29. The average molecular weight is 201 g/mol. The normalized spacial score (nSPS) is 13.5. The second-order valence-electron chi connectivity index (χ2n) is 2.97. The summed E-state index contributed by atoms with van der Waals surface area (Å²) in [5.41, 5.74) is 8.33. The van der Waals surface area contributed by atoms with Crippen LogP contribution in [0, 0.1) is 0 Å². The zero-order chi connectivity index (χ0) is 9.68. The Balaban J connectivity index is 2.44. The first-order valence-electron chi connectivity index (χ1n) is 4.16. The second-order valence-corrected chi connectivity index (χ2v) is 3.69. The van der Waals surface area contributed by atoms with Gasteiger partial charge in [-0.2, -0.15) is 0 Å². The number of aliphatic hydroxyl groups excluding tert-OH is 1. The van der Waals surface area contributed by atoms with Gasteiger partial charge < -0.3 is 10.8 Å². The summed E-state index contributed by atoms with van der Waals surface area (Å²) < 4.78 is 0. The Bertz CT molecular complexity index is 223. The molecule has 3 N–H and O–H groups in total. The fourth-order valence-electron chi connectivity index (χ4n) is 1.09. The molecule has 0 aliphatic rings. The summed E-state index contributed by atoms with van der Waals surface area (Å²) in [5, 5.41) is 11.0. The molecule has 0 radical (unpaired) electrons. The number of aromatic nitrogens is 1. The van der Waals surface area contributed by atoms with Crippen LogP contribution in [-0.2, 0) is 6.54 Å². The highest BCUT2D eigenvalue weighted by Crippen LogP contribution is 2.05. The predicted molar refractivity (Wildman–Crippen MR) is 53.5 cm³/mol. The minimum atomic E-state index is 0.0294. The number of aliphatic hydroxyl groups is 1. The summed E-state index contributed by atoms with van der Waals surface area (Å²) in [6.07, 6.45) is 0. The van der Waals surface area contributed by atoms with Crippen LogP contribution in [0.15, 0.2) is 10.9 Å². The largest absolute Gasteiger partial charge is 0.395 e. The maximum absolute atomic E-state index is 8.99. The van der Waals surface area contributed by atoms with Crippen LogP contribution in [-0.4, -0.2) is 41.2 Å². The number of likely N-dealkylation sites (N-methyl/N-ethyl adjacent to an activating group) is 1. The van der Waals surface area contributed by atoms with E-state index in [1.807, 2.05) is 17.3 Å². The van der Waals surface area contributed by atoms with E-state index in [9.17, 15) is 0 Å². The number of nitrogens with zero attached hydrogens (tertiary/aromatic N) is 2. The van der Waals surface area contributed by atoms with Gasteiger partial charge in [-0.15, -0.1) is 11.3 Å². The maximum atomic E-state index is 8.99. The van der Waals surface area contributed by atoms with Crippen molar-refractivity contribution >= 4 is 11.3 Å². The van der Waals surface area contributed by atoms with Crippen LogP contribution >= 0.6 is 11.3 Å². The van der Waals surface area contributed by atoms with Crippen molar-refractivity contribution in [2.45, 2.75) is 12.6 Å². The van der Waals surface area contributed by atoms with Gasteiger partial charge in [-0.25, -0.2) is 4.98 Å². The van der Waals surface area contributed by atoms with Gasteiger partial charge in [0.2, 0.25) is 0 Å². The van der Waals surface area contributed by atoms with Gasteiger partial charge in [-0.05, 0) is 7.05 Å². The van der Waals surface area contributed by atoms with Crippen LogP contribution in [0.1, 0.15) is 5.69 Å². The minimum absolute atomic E-state index is 0.0294. The lowest BCUT2D eigenvalue weighted by Gasteiger charge is -2.23. The average Bonchev–Trinajstić information content (AvgIpc) is 2.59. The van der Waals surface area contributed by atoms with Gasteiger partial charge in [0.25, 0.3) is 0 Å². The van der Waals surface area contributed by atoms with Crippen molar-refractivity contribution in [3.8, 4) is 0 Å². The molecule has 0 saturated carbocycles. The Morgan fingerprint density at radius 3 is 3.00 bits per heavy atom. The summed E-state index contributed by atoms with van der Waals surface area (Å²) in [6.45, 7) is 1.31. The van der Waals surface area contributed by atoms with Crippen molar-refractivity contribution in [3.63, 3.8) is 0 Å². The molecule has 0 aliphatic carbocycles. The molecule has 1 unspecified atom stereocenters. The van der Waals surface area contributed by atoms with Crippen LogP contribution in [0.5, 0.6) is 0 Å². The molecule has 74 valence electrons. The van der Waals surface area contributed by atoms with E-state index in [1.54, 1.807) is 16.8 Å². The first kappa shape index (κ1) is 10.6. The monoisotopic (exact) mass is 201 g/mol. The molecule has 0 saturated heterocycles. The van der Waals surface area contributed by atoms with Crippen molar-refractivity contribution in [1.82, 2.24) is 9.88 Å². The van der Waals surface area contributed by atoms with E-state index in [-0.39, 0.29) is 12.6 Å². The lowest BCUT2D eigenvalue weighted by Crippen LogP contribution is -2.40. The first-order chi connectivity index (χ1) is 6.27. The SMILES string of the molecule is CN(Cc1cscn1)C(CN)CO. The highest BCUT2D eigenvalue weighted by atomic mass is 32.1. The molecular formula is C8H15N3OS. The topological polar surface area (TPSA) is 62.4 Å². The van der Waals surface area contributed by atoms with E-state index in [0.717, 1.165) is 12.2 Å². The summed E-state index contributed by atoms with van der Waals surface area (Å²) in [7, 11) is 1.94. The van der Waals surface area contributed by atoms with Crippen molar-refractivity contribution in [3.05, 3.63) is 16.6 Å². The Labute approximate surface area is 82.0 Å². The van der Waals surface area contributed by atoms with Crippen LogP contribution in [0.3, 0.4) is 0 Å². The highest BCUT2D eigenvalue weighted by molar-refractivity contribution is 7.07. The molecule has 1 rings (SSSR count). The standard InChI is InChI=1S/C8H15N3OS/c1-11(8(2-9)4-12)3-7-5-13-6-10-7/h5-6,8,12H,2-4,9H2,1H3. The zero-order valence-corrected chi connectivity index (χ0v) is 8.50. The van der Waals surface area contributed by atoms with Crippen LogP contribution < -0.4 is 5.73 Å². The molecule has 1 aromatic heterocycles. The zero-order valence-electron chi connectivity index (χ0n) is 7.68. The molecule has 0 amide bonds. The number of rotatable bonds is 5. The maximum Gasteiger partial charge on any atom is 0.0795 e. The predicted octanol–water partition coefficient (Wildman–Crippen LogP) is -0.105. The van der Waals surface area contributed by atoms with Gasteiger partial charge in [-0.1, -0.05) is 0 Å². The van der Waals surface area contributed by atoms with E-state index < -0.39 is 0 Å². The summed E-state index contributed by atoms with van der Waals surface area (Å²) in [6, 6.07) is 0.0294. The molecule has 0 spiro atoms. The molecule has 0 bridgehead atoms. The molecule has 1 aromatic rings. The molecule has 5 heteroatoms. The van der Waals surface area contributed by atoms with Crippen molar-refractivity contribution in [1.29, 1.82) is 0 Å². The van der Waals surface area contributed by atoms with Gasteiger partial charge in [0.1, 0.15) is 0 Å². The molecule has 0 aliphatic heterocycles. The lowest BCUT2D eigenvalue weighted by molar-refractivity contribution is 0.145. The van der Waals surface area contributed by atoms with Crippen molar-refractivity contribution < 1.29 is 5.11 Å². The van der Waals surface area contributed by atoms with Gasteiger partial charge in [0, 0.05) is 24.5 Å². The Morgan fingerprint density at radius 2 is 2.54 bits per heavy atom. The Hall–Kier alpha value is -0.490. The molecule has 4 nitrogen and oxygen atoms in total. The summed E-state index contributed by atoms with van der Waals surface area (Å²) >= 11 is 1.58. The van der Waals surface area contributed by atoms with Crippen molar-refractivity contribution in [2.75, 3.05) is 20.2 Å². The van der Waals surface area contributed by atoms with E-state index in [2.05, 4.69) is 4.98 Å². The molecule has 0 fully saturated rings. The number of nitrogens with two attached hydrogens (primary N) is 1. The summed E-state index contributed by atoms with van der Waals surface area (Å²) in [4.78, 5) is 6.17. The first-order valence-corrected chi connectivity index (χ1v) is 5.10. The van der Waals surface area contributed by atoms with E-state index >= 15 is 0 Å². The van der Waals surface area contributed by atoms with E-state index in [0.29, 0.717) is 6.54 Å². The molecular weight excluding hydrogens is 186 g/mol. The minimum Gasteiger partial charge on any atom is -0.395 e.